The highest BCUT2D eigenvalue weighted by Crippen LogP contribution is 2.33. The Balaban J connectivity index is 2.74. The molecule has 5 heteroatoms. The number of aliphatic carboxylic acids is 1. The predicted molar refractivity (Wildman–Crippen MR) is 71.8 cm³/mol. The van der Waals surface area contributed by atoms with Gasteiger partial charge in [0.05, 0.1) is 6.61 Å². The first-order valence-corrected chi connectivity index (χ1v) is 6.89. The molecule has 1 amide bonds. The van der Waals surface area contributed by atoms with Crippen LogP contribution in [-0.2, 0) is 14.3 Å². The molecule has 1 aliphatic rings. The maximum Gasteiger partial charge on any atom is 0.313 e. The molecule has 5 nitrogen and oxygen atoms in total. The van der Waals surface area contributed by atoms with Crippen molar-refractivity contribution in [2.75, 3.05) is 26.8 Å². The predicted octanol–water partition coefficient (Wildman–Crippen LogP) is 1.62. The SMILES string of the molecule is CCC(C)C(C)C(=O)N1CCC(COC)(C(=O)O)C1. The lowest BCUT2D eigenvalue weighted by molar-refractivity contribution is -0.152. The molecule has 1 fully saturated rings. The second-order valence-electron chi connectivity index (χ2n) is 5.70. The van der Waals surface area contributed by atoms with Crippen LogP contribution in [0.25, 0.3) is 0 Å². The molecule has 3 atom stereocenters. The number of rotatable bonds is 6. The van der Waals surface area contributed by atoms with Crippen LogP contribution in [0, 0.1) is 17.3 Å². The lowest BCUT2D eigenvalue weighted by Crippen LogP contribution is -2.42. The molecule has 1 rings (SSSR count). The van der Waals surface area contributed by atoms with E-state index in [-0.39, 0.29) is 25.0 Å². The summed E-state index contributed by atoms with van der Waals surface area (Å²) in [5.74, 6) is -0.554. The molecule has 19 heavy (non-hydrogen) atoms. The Labute approximate surface area is 114 Å². The highest BCUT2D eigenvalue weighted by Gasteiger charge is 2.47. The number of hydrogen-bond acceptors (Lipinski definition) is 3. The van der Waals surface area contributed by atoms with Gasteiger partial charge in [-0.05, 0) is 12.3 Å². The number of likely N-dealkylation sites (tertiary alicyclic amines) is 1. The van der Waals surface area contributed by atoms with Gasteiger partial charge in [0.1, 0.15) is 5.41 Å². The van der Waals surface area contributed by atoms with Gasteiger partial charge in [-0.15, -0.1) is 0 Å². The van der Waals surface area contributed by atoms with Crippen LogP contribution < -0.4 is 0 Å². The van der Waals surface area contributed by atoms with E-state index in [2.05, 4.69) is 13.8 Å². The number of amides is 1. The Hall–Kier alpha value is -1.10. The van der Waals surface area contributed by atoms with E-state index in [4.69, 9.17) is 4.74 Å². The fourth-order valence-electron chi connectivity index (χ4n) is 2.58. The van der Waals surface area contributed by atoms with Crippen molar-refractivity contribution in [2.45, 2.75) is 33.6 Å². The fraction of sp³-hybridized carbons (Fsp3) is 0.857. The first-order valence-electron chi connectivity index (χ1n) is 6.89. The lowest BCUT2D eigenvalue weighted by Gasteiger charge is -2.27. The van der Waals surface area contributed by atoms with E-state index in [1.165, 1.54) is 7.11 Å². The summed E-state index contributed by atoms with van der Waals surface area (Å²) in [5, 5.41) is 9.37. The van der Waals surface area contributed by atoms with Crippen molar-refractivity contribution >= 4 is 11.9 Å². The zero-order valence-electron chi connectivity index (χ0n) is 12.3. The minimum atomic E-state index is -0.931. The van der Waals surface area contributed by atoms with E-state index >= 15 is 0 Å². The molecule has 1 N–H and O–H groups in total. The number of carboxylic acid groups (broad SMARTS) is 1. The van der Waals surface area contributed by atoms with Crippen LogP contribution in [0.1, 0.15) is 33.6 Å². The lowest BCUT2D eigenvalue weighted by atomic mass is 9.88. The quantitative estimate of drug-likeness (QED) is 0.797. The van der Waals surface area contributed by atoms with Crippen molar-refractivity contribution in [3.05, 3.63) is 0 Å². The van der Waals surface area contributed by atoms with Gasteiger partial charge in [0.15, 0.2) is 0 Å². The second kappa shape index (κ2) is 6.37. The third-order valence-electron chi connectivity index (χ3n) is 4.43. The molecule has 0 aromatic rings. The minimum absolute atomic E-state index is 0.0582. The summed E-state index contributed by atoms with van der Waals surface area (Å²) in [7, 11) is 1.50. The molecule has 0 spiro atoms. The van der Waals surface area contributed by atoms with E-state index in [0.29, 0.717) is 18.9 Å². The van der Waals surface area contributed by atoms with Crippen LogP contribution in [0.5, 0.6) is 0 Å². The average molecular weight is 271 g/mol. The number of carboxylic acids is 1. The Morgan fingerprint density at radius 2 is 2.05 bits per heavy atom. The topological polar surface area (TPSA) is 66.8 Å². The van der Waals surface area contributed by atoms with E-state index in [0.717, 1.165) is 6.42 Å². The minimum Gasteiger partial charge on any atom is -0.481 e. The largest absolute Gasteiger partial charge is 0.481 e. The first kappa shape index (κ1) is 16.0. The van der Waals surface area contributed by atoms with Gasteiger partial charge in [0.2, 0.25) is 5.91 Å². The molecule has 3 unspecified atom stereocenters. The Bertz CT molecular complexity index is 344. The molecule has 0 saturated carbocycles. The van der Waals surface area contributed by atoms with Crippen molar-refractivity contribution in [1.29, 1.82) is 0 Å². The molecular weight excluding hydrogens is 246 g/mol. The normalized spacial score (nSPS) is 26.2. The van der Waals surface area contributed by atoms with Crippen LogP contribution in [0.3, 0.4) is 0 Å². The summed E-state index contributed by atoms with van der Waals surface area (Å²) < 4.78 is 5.03. The second-order valence-corrected chi connectivity index (χ2v) is 5.70. The molecule has 1 heterocycles. The van der Waals surface area contributed by atoms with Gasteiger partial charge in [-0.2, -0.15) is 0 Å². The van der Waals surface area contributed by atoms with E-state index < -0.39 is 11.4 Å². The van der Waals surface area contributed by atoms with E-state index in [1.54, 1.807) is 4.90 Å². The molecule has 0 radical (unpaired) electrons. The van der Waals surface area contributed by atoms with Crippen molar-refractivity contribution in [3.8, 4) is 0 Å². The zero-order chi connectivity index (χ0) is 14.6. The number of carbonyl (C=O) groups is 2. The molecule has 0 aromatic heterocycles. The molecular formula is C14H25NO4. The van der Waals surface area contributed by atoms with Crippen LogP contribution in [-0.4, -0.2) is 48.7 Å². The van der Waals surface area contributed by atoms with Gasteiger partial charge in [0, 0.05) is 26.1 Å². The van der Waals surface area contributed by atoms with E-state index in [1.807, 2.05) is 6.92 Å². The smallest absolute Gasteiger partial charge is 0.313 e. The maximum absolute atomic E-state index is 12.4. The summed E-state index contributed by atoms with van der Waals surface area (Å²) >= 11 is 0. The van der Waals surface area contributed by atoms with Gasteiger partial charge in [-0.1, -0.05) is 27.2 Å². The van der Waals surface area contributed by atoms with Gasteiger partial charge < -0.3 is 14.7 Å². The highest BCUT2D eigenvalue weighted by molar-refractivity contribution is 5.82. The van der Waals surface area contributed by atoms with Crippen molar-refractivity contribution in [2.24, 2.45) is 17.3 Å². The fourth-order valence-corrected chi connectivity index (χ4v) is 2.58. The number of ether oxygens (including phenoxy) is 1. The first-order chi connectivity index (χ1) is 8.88. The molecule has 1 aliphatic heterocycles. The highest BCUT2D eigenvalue weighted by atomic mass is 16.5. The number of carbonyl (C=O) groups excluding carboxylic acids is 1. The third-order valence-corrected chi connectivity index (χ3v) is 4.43. The Morgan fingerprint density at radius 1 is 1.42 bits per heavy atom. The van der Waals surface area contributed by atoms with Gasteiger partial charge >= 0.3 is 5.97 Å². The van der Waals surface area contributed by atoms with Crippen molar-refractivity contribution in [3.63, 3.8) is 0 Å². The Morgan fingerprint density at radius 3 is 2.53 bits per heavy atom. The molecule has 0 bridgehead atoms. The van der Waals surface area contributed by atoms with Gasteiger partial charge in [0.25, 0.3) is 0 Å². The zero-order valence-corrected chi connectivity index (χ0v) is 12.3. The number of methoxy groups -OCH3 is 1. The van der Waals surface area contributed by atoms with E-state index in [9.17, 15) is 14.7 Å². The summed E-state index contributed by atoms with van der Waals surface area (Å²) in [6, 6.07) is 0. The van der Waals surface area contributed by atoms with Gasteiger partial charge in [-0.25, -0.2) is 0 Å². The summed E-state index contributed by atoms with van der Waals surface area (Å²) in [6.45, 7) is 6.96. The molecule has 0 aliphatic carbocycles. The van der Waals surface area contributed by atoms with Gasteiger partial charge in [-0.3, -0.25) is 9.59 Å². The number of hydrogen-bond donors (Lipinski definition) is 1. The van der Waals surface area contributed by atoms with Crippen molar-refractivity contribution in [1.82, 2.24) is 4.90 Å². The van der Waals surface area contributed by atoms with Crippen LogP contribution in [0.2, 0.25) is 0 Å². The third kappa shape index (κ3) is 3.26. The maximum atomic E-state index is 12.4. The van der Waals surface area contributed by atoms with Crippen LogP contribution in [0.4, 0.5) is 0 Å². The summed E-state index contributed by atoms with van der Waals surface area (Å²) in [4.78, 5) is 25.5. The molecule has 110 valence electrons. The Kier molecular flexibility index (Phi) is 5.35. The summed E-state index contributed by atoms with van der Waals surface area (Å²) in [5.41, 5.74) is -0.931. The number of nitrogens with zero attached hydrogens (tertiary/aromatic N) is 1. The van der Waals surface area contributed by atoms with Crippen molar-refractivity contribution < 1.29 is 19.4 Å². The molecule has 0 aromatic carbocycles. The monoisotopic (exact) mass is 271 g/mol. The standard InChI is InChI=1S/C14H25NO4/c1-5-10(2)11(3)12(16)15-7-6-14(8-15,9-19-4)13(17)18/h10-11H,5-9H2,1-4H3,(H,17,18). The average Bonchev–Trinajstić information content (AvgIpc) is 2.82. The van der Waals surface area contributed by atoms with Crippen LogP contribution in [0.15, 0.2) is 0 Å². The van der Waals surface area contributed by atoms with Crippen LogP contribution >= 0.6 is 0 Å². The summed E-state index contributed by atoms with van der Waals surface area (Å²) in [6.07, 6.45) is 1.41. The molecule has 1 saturated heterocycles.